The van der Waals surface area contributed by atoms with Gasteiger partial charge in [-0.05, 0) is 63.2 Å². The first-order valence-electron chi connectivity index (χ1n) is 13.1. The molecule has 0 spiro atoms. The number of nitrogens with zero attached hydrogens (tertiary/aromatic N) is 3. The van der Waals surface area contributed by atoms with Gasteiger partial charge in [-0.2, -0.15) is 0 Å². The fourth-order valence-corrected chi connectivity index (χ4v) is 5.38. The van der Waals surface area contributed by atoms with Crippen molar-refractivity contribution in [3.05, 3.63) is 89.4 Å². The molecule has 0 bridgehead atoms. The largest absolute Gasteiger partial charge is 0.491 e. The van der Waals surface area contributed by atoms with Crippen LogP contribution in [-0.2, 0) is 0 Å². The van der Waals surface area contributed by atoms with Gasteiger partial charge in [-0.25, -0.2) is 4.39 Å². The summed E-state index contributed by atoms with van der Waals surface area (Å²) in [6.07, 6.45) is -0.670. The molecule has 1 aromatic heterocycles. The van der Waals surface area contributed by atoms with Crippen LogP contribution in [0.2, 0.25) is 0 Å². The van der Waals surface area contributed by atoms with Gasteiger partial charge in [0, 0.05) is 55.1 Å². The molecule has 198 valence electrons. The molecule has 7 heteroatoms. The van der Waals surface area contributed by atoms with Crippen LogP contribution in [-0.4, -0.2) is 65.8 Å². The van der Waals surface area contributed by atoms with E-state index in [9.17, 15) is 14.3 Å². The van der Waals surface area contributed by atoms with E-state index in [0.717, 1.165) is 35.4 Å². The lowest BCUT2D eigenvalue weighted by Crippen LogP contribution is -2.49. The smallest absolute Gasteiger partial charge is 0.162 e. The average molecular weight is 516 g/mol. The molecule has 6 nitrogen and oxygen atoms in total. The molecule has 0 radical (unpaired) electrons. The van der Waals surface area contributed by atoms with Gasteiger partial charge in [0.25, 0.3) is 0 Å². The Labute approximate surface area is 222 Å². The minimum atomic E-state index is -0.670. The van der Waals surface area contributed by atoms with Gasteiger partial charge in [-0.3, -0.25) is 9.69 Å². The number of ketones is 1. The van der Waals surface area contributed by atoms with Gasteiger partial charge in [0.2, 0.25) is 0 Å². The van der Waals surface area contributed by atoms with E-state index in [-0.39, 0.29) is 18.2 Å². The number of piperazine rings is 1. The maximum Gasteiger partial charge on any atom is 0.162 e. The Kier molecular flexibility index (Phi) is 7.49. The molecule has 4 aromatic rings. The van der Waals surface area contributed by atoms with Crippen LogP contribution in [0.25, 0.3) is 16.6 Å². The second-order valence-corrected chi connectivity index (χ2v) is 10.1. The van der Waals surface area contributed by atoms with E-state index >= 15 is 0 Å². The quantitative estimate of drug-likeness (QED) is 0.329. The Morgan fingerprint density at radius 3 is 2.39 bits per heavy atom. The van der Waals surface area contributed by atoms with Gasteiger partial charge in [0.15, 0.2) is 5.78 Å². The number of ether oxygens (including phenoxy) is 1. The average Bonchev–Trinajstić information content (AvgIpc) is 3.20. The first-order valence-corrected chi connectivity index (χ1v) is 13.1. The van der Waals surface area contributed by atoms with E-state index in [2.05, 4.69) is 40.7 Å². The Morgan fingerprint density at radius 1 is 1.00 bits per heavy atom. The minimum Gasteiger partial charge on any atom is -0.491 e. The molecule has 0 amide bonds. The van der Waals surface area contributed by atoms with Crippen molar-refractivity contribution in [1.82, 2.24) is 9.47 Å². The number of benzene rings is 3. The number of β-amino-alcohol motifs (C(OH)–C–C–N with tert-alkyl or cyclic N) is 1. The second-order valence-electron chi connectivity index (χ2n) is 10.1. The third-order valence-corrected chi connectivity index (χ3v) is 7.30. The molecule has 38 heavy (non-hydrogen) atoms. The van der Waals surface area contributed by atoms with Crippen LogP contribution in [0.1, 0.15) is 28.5 Å². The number of aromatic nitrogens is 1. The summed E-state index contributed by atoms with van der Waals surface area (Å²) < 4.78 is 22.2. The number of aryl methyl sites for hydroxylation is 1. The first kappa shape index (κ1) is 25.9. The number of para-hydroxylation sites is 1. The van der Waals surface area contributed by atoms with Gasteiger partial charge in [0.05, 0.1) is 11.2 Å². The van der Waals surface area contributed by atoms with Crippen LogP contribution in [0.3, 0.4) is 0 Å². The number of fused-ring (bicyclic) bond motifs is 1. The Balaban J connectivity index is 1.24. The summed E-state index contributed by atoms with van der Waals surface area (Å²) in [6, 6.07) is 20.8. The maximum absolute atomic E-state index is 14.1. The molecule has 5 rings (SSSR count). The summed E-state index contributed by atoms with van der Waals surface area (Å²) in [4.78, 5) is 16.8. The maximum atomic E-state index is 14.1. The number of anilines is 1. The minimum absolute atomic E-state index is 0.00470. The van der Waals surface area contributed by atoms with E-state index < -0.39 is 6.10 Å². The zero-order chi connectivity index (χ0) is 26.8. The third kappa shape index (κ3) is 5.30. The molecule has 1 atom stereocenters. The number of carbonyl (C=O) groups excluding carboxylic acids is 1. The van der Waals surface area contributed by atoms with Crippen molar-refractivity contribution >= 4 is 22.4 Å². The second kappa shape index (κ2) is 11.0. The zero-order valence-corrected chi connectivity index (χ0v) is 22.2. The SMILES string of the molecule is CC(=O)c1c(C)n(-c2ccc(C)cc2)c2ccc(OC[C@H](O)CN3CCN(c4ccccc4F)CC3)cc12. The van der Waals surface area contributed by atoms with Gasteiger partial charge >= 0.3 is 0 Å². The lowest BCUT2D eigenvalue weighted by molar-refractivity contribution is 0.0663. The van der Waals surface area contributed by atoms with E-state index in [1.165, 1.54) is 11.6 Å². The number of rotatable bonds is 8. The molecule has 0 saturated carbocycles. The van der Waals surface area contributed by atoms with Crippen LogP contribution < -0.4 is 9.64 Å². The number of carbonyl (C=O) groups is 1. The molecule has 0 aliphatic carbocycles. The molecular formula is C31H34FN3O3. The lowest BCUT2D eigenvalue weighted by Gasteiger charge is -2.36. The van der Waals surface area contributed by atoms with E-state index in [1.54, 1.807) is 19.1 Å². The Hall–Kier alpha value is -3.68. The number of halogens is 1. The van der Waals surface area contributed by atoms with Crippen LogP contribution in [0.5, 0.6) is 5.75 Å². The van der Waals surface area contributed by atoms with E-state index in [4.69, 9.17) is 4.74 Å². The molecule has 0 unspecified atom stereocenters. The van der Waals surface area contributed by atoms with E-state index in [0.29, 0.717) is 36.6 Å². The monoisotopic (exact) mass is 515 g/mol. The molecule has 1 saturated heterocycles. The molecule has 1 aliphatic heterocycles. The first-order chi connectivity index (χ1) is 18.3. The summed E-state index contributed by atoms with van der Waals surface area (Å²) in [5.41, 5.74) is 5.32. The summed E-state index contributed by atoms with van der Waals surface area (Å²) in [5.74, 6) is 0.415. The fourth-order valence-electron chi connectivity index (χ4n) is 5.38. The third-order valence-electron chi connectivity index (χ3n) is 7.30. The topological polar surface area (TPSA) is 57.9 Å². The predicted molar refractivity (Wildman–Crippen MR) is 149 cm³/mol. The van der Waals surface area contributed by atoms with Crippen LogP contribution >= 0.6 is 0 Å². The molecule has 2 heterocycles. The summed E-state index contributed by atoms with van der Waals surface area (Å²) >= 11 is 0. The number of aliphatic hydroxyl groups excluding tert-OH is 1. The summed E-state index contributed by atoms with van der Waals surface area (Å²) in [7, 11) is 0. The highest BCUT2D eigenvalue weighted by Gasteiger charge is 2.22. The normalized spacial score (nSPS) is 15.1. The van der Waals surface area contributed by atoms with Crippen LogP contribution in [0.15, 0.2) is 66.7 Å². The number of hydrogen-bond acceptors (Lipinski definition) is 5. The van der Waals surface area contributed by atoms with Gasteiger partial charge in [-0.15, -0.1) is 0 Å². The number of aliphatic hydroxyl groups is 1. The Morgan fingerprint density at radius 2 is 1.71 bits per heavy atom. The van der Waals surface area contributed by atoms with Crippen molar-refractivity contribution in [2.24, 2.45) is 0 Å². The van der Waals surface area contributed by atoms with E-state index in [1.807, 2.05) is 36.1 Å². The zero-order valence-electron chi connectivity index (χ0n) is 22.2. The van der Waals surface area contributed by atoms with Gasteiger partial charge in [0.1, 0.15) is 24.3 Å². The highest BCUT2D eigenvalue weighted by atomic mass is 19.1. The molecule has 3 aromatic carbocycles. The van der Waals surface area contributed by atoms with Crippen molar-refractivity contribution < 1.29 is 19.0 Å². The highest BCUT2D eigenvalue weighted by Crippen LogP contribution is 2.32. The van der Waals surface area contributed by atoms with Crippen molar-refractivity contribution in [1.29, 1.82) is 0 Å². The standard InChI is InChI=1S/C31H34FN3O3/c1-21-8-10-24(11-9-21)35-22(2)31(23(3)36)27-18-26(12-13-29(27)35)38-20-25(37)19-33-14-16-34(17-15-33)30-7-5-4-6-28(30)32/h4-13,18,25,37H,14-17,19-20H2,1-3H3/t25-/m1/s1. The molecular weight excluding hydrogens is 481 g/mol. The van der Waals surface area contributed by atoms with Crippen molar-refractivity contribution in [2.45, 2.75) is 26.9 Å². The Bertz CT molecular complexity index is 1440. The fraction of sp³-hybridized carbons (Fsp3) is 0.323. The van der Waals surface area contributed by atoms with Crippen molar-refractivity contribution in [3.8, 4) is 11.4 Å². The van der Waals surface area contributed by atoms with Crippen molar-refractivity contribution in [3.63, 3.8) is 0 Å². The van der Waals surface area contributed by atoms with Gasteiger partial charge < -0.3 is 19.3 Å². The van der Waals surface area contributed by atoms with Gasteiger partial charge in [-0.1, -0.05) is 29.8 Å². The van der Waals surface area contributed by atoms with Crippen molar-refractivity contribution in [2.75, 3.05) is 44.2 Å². The predicted octanol–water partition coefficient (Wildman–Crippen LogP) is 5.15. The summed E-state index contributed by atoms with van der Waals surface area (Å²) in [5, 5.41) is 11.5. The van der Waals surface area contributed by atoms with Crippen LogP contribution in [0, 0.1) is 19.7 Å². The number of Topliss-reactive ketones (excluding diaryl/α,β-unsaturated/α-hetero) is 1. The molecule has 1 aliphatic rings. The summed E-state index contributed by atoms with van der Waals surface area (Å²) in [6.45, 7) is 9.12. The molecule has 1 fully saturated rings. The molecule has 1 N–H and O–H groups in total. The van der Waals surface area contributed by atoms with Crippen LogP contribution in [0.4, 0.5) is 10.1 Å². The number of hydrogen-bond donors (Lipinski definition) is 1. The lowest BCUT2D eigenvalue weighted by atomic mass is 10.1. The highest BCUT2D eigenvalue weighted by molar-refractivity contribution is 6.09.